The summed E-state index contributed by atoms with van der Waals surface area (Å²) in [6.45, 7) is 1.97. The molecule has 0 spiro atoms. The summed E-state index contributed by atoms with van der Waals surface area (Å²) in [7, 11) is 0. The standard InChI is InChI=1S/C24H16N2O2S/c1-15-5-2-3-8-19(15)20-10-9-18(12-21(20)24(27)28)23-26-22(14-29-23)17-7-4-6-16(11-17)13-25/h2-12,14H,1H3,(H,27,28). The van der Waals surface area contributed by atoms with Gasteiger partial charge in [0.1, 0.15) is 5.01 Å². The summed E-state index contributed by atoms with van der Waals surface area (Å²) in [6.07, 6.45) is 0. The number of carboxylic acids is 1. The number of carbonyl (C=O) groups is 1. The largest absolute Gasteiger partial charge is 0.478 e. The van der Waals surface area contributed by atoms with Crippen LogP contribution in [0.15, 0.2) is 72.1 Å². The molecule has 29 heavy (non-hydrogen) atoms. The van der Waals surface area contributed by atoms with Gasteiger partial charge in [-0.2, -0.15) is 5.26 Å². The van der Waals surface area contributed by atoms with Crippen molar-refractivity contribution >= 4 is 17.3 Å². The van der Waals surface area contributed by atoms with Gasteiger partial charge in [-0.15, -0.1) is 11.3 Å². The van der Waals surface area contributed by atoms with Crippen LogP contribution in [0, 0.1) is 18.3 Å². The lowest BCUT2D eigenvalue weighted by Gasteiger charge is -2.10. The molecule has 3 aromatic carbocycles. The summed E-state index contributed by atoms with van der Waals surface area (Å²) in [5.74, 6) is -0.969. The molecule has 0 radical (unpaired) electrons. The lowest BCUT2D eigenvalue weighted by atomic mass is 9.94. The third-order valence-corrected chi connectivity index (χ3v) is 5.62. The number of hydrogen-bond donors (Lipinski definition) is 1. The van der Waals surface area contributed by atoms with Gasteiger partial charge in [0, 0.05) is 16.5 Å². The topological polar surface area (TPSA) is 74.0 Å². The van der Waals surface area contributed by atoms with E-state index in [0.29, 0.717) is 11.1 Å². The maximum Gasteiger partial charge on any atom is 0.336 e. The molecule has 0 atom stereocenters. The maximum absolute atomic E-state index is 11.9. The number of benzene rings is 3. The Morgan fingerprint density at radius 2 is 1.83 bits per heavy atom. The second-order valence-electron chi connectivity index (χ2n) is 6.61. The first-order valence-corrected chi connectivity index (χ1v) is 9.84. The van der Waals surface area contributed by atoms with E-state index in [0.717, 1.165) is 33.0 Å². The minimum atomic E-state index is -0.969. The zero-order valence-electron chi connectivity index (χ0n) is 15.6. The quantitative estimate of drug-likeness (QED) is 0.457. The molecule has 0 aliphatic carbocycles. The summed E-state index contributed by atoms with van der Waals surface area (Å²) in [4.78, 5) is 16.6. The van der Waals surface area contributed by atoms with Gasteiger partial charge in [-0.25, -0.2) is 9.78 Å². The number of nitriles is 1. The highest BCUT2D eigenvalue weighted by Crippen LogP contribution is 2.34. The van der Waals surface area contributed by atoms with Gasteiger partial charge in [0.05, 0.1) is 22.9 Å². The van der Waals surface area contributed by atoms with E-state index in [1.807, 2.05) is 60.8 Å². The highest BCUT2D eigenvalue weighted by Gasteiger charge is 2.16. The molecule has 5 heteroatoms. The average Bonchev–Trinajstić information content (AvgIpc) is 3.24. The van der Waals surface area contributed by atoms with Crippen molar-refractivity contribution in [2.75, 3.05) is 0 Å². The lowest BCUT2D eigenvalue weighted by Crippen LogP contribution is -2.01. The van der Waals surface area contributed by atoms with Gasteiger partial charge in [-0.05, 0) is 41.8 Å². The Balaban J connectivity index is 1.76. The summed E-state index contributed by atoms with van der Waals surface area (Å²) in [6, 6.07) is 22.6. The van der Waals surface area contributed by atoms with Gasteiger partial charge in [0.2, 0.25) is 0 Å². The minimum Gasteiger partial charge on any atom is -0.478 e. The predicted molar refractivity (Wildman–Crippen MR) is 115 cm³/mol. The van der Waals surface area contributed by atoms with Gasteiger partial charge < -0.3 is 5.11 Å². The van der Waals surface area contributed by atoms with Gasteiger partial charge in [0.15, 0.2) is 0 Å². The van der Waals surface area contributed by atoms with Crippen molar-refractivity contribution in [3.63, 3.8) is 0 Å². The minimum absolute atomic E-state index is 0.250. The molecule has 4 aromatic rings. The second-order valence-corrected chi connectivity index (χ2v) is 7.47. The van der Waals surface area contributed by atoms with Crippen molar-refractivity contribution < 1.29 is 9.90 Å². The van der Waals surface area contributed by atoms with E-state index in [1.165, 1.54) is 11.3 Å². The van der Waals surface area contributed by atoms with Crippen LogP contribution in [-0.4, -0.2) is 16.1 Å². The molecule has 140 valence electrons. The summed E-state index contributed by atoms with van der Waals surface area (Å²) in [5, 5.41) is 21.5. The van der Waals surface area contributed by atoms with Crippen LogP contribution in [0.5, 0.6) is 0 Å². The number of hydrogen-bond acceptors (Lipinski definition) is 4. The summed E-state index contributed by atoms with van der Waals surface area (Å²) >= 11 is 1.45. The molecule has 0 aliphatic heterocycles. The number of thiazole rings is 1. The van der Waals surface area contributed by atoms with E-state index in [2.05, 4.69) is 11.1 Å². The molecular weight excluding hydrogens is 380 g/mol. The fourth-order valence-electron chi connectivity index (χ4n) is 3.25. The highest BCUT2D eigenvalue weighted by molar-refractivity contribution is 7.13. The van der Waals surface area contributed by atoms with Crippen LogP contribution in [0.1, 0.15) is 21.5 Å². The van der Waals surface area contributed by atoms with Crippen LogP contribution in [0.3, 0.4) is 0 Å². The van der Waals surface area contributed by atoms with Gasteiger partial charge in [-0.3, -0.25) is 0 Å². The molecule has 0 amide bonds. The summed E-state index contributed by atoms with van der Waals surface area (Å²) < 4.78 is 0. The first-order chi connectivity index (χ1) is 14.1. The molecule has 1 N–H and O–H groups in total. The van der Waals surface area contributed by atoms with E-state index in [-0.39, 0.29) is 5.56 Å². The molecule has 4 nitrogen and oxygen atoms in total. The predicted octanol–water partition coefficient (Wildman–Crippen LogP) is 6.02. The smallest absolute Gasteiger partial charge is 0.336 e. The van der Waals surface area contributed by atoms with Crippen molar-refractivity contribution in [1.82, 2.24) is 4.98 Å². The van der Waals surface area contributed by atoms with Crippen molar-refractivity contribution in [2.45, 2.75) is 6.92 Å². The maximum atomic E-state index is 11.9. The zero-order valence-corrected chi connectivity index (χ0v) is 16.4. The molecule has 0 unspecified atom stereocenters. The Morgan fingerprint density at radius 3 is 2.59 bits per heavy atom. The molecule has 0 fully saturated rings. The van der Waals surface area contributed by atoms with E-state index >= 15 is 0 Å². The molecule has 0 saturated heterocycles. The van der Waals surface area contributed by atoms with Crippen LogP contribution in [0.2, 0.25) is 0 Å². The van der Waals surface area contributed by atoms with E-state index in [9.17, 15) is 9.90 Å². The van der Waals surface area contributed by atoms with Crippen LogP contribution in [0.4, 0.5) is 0 Å². The average molecular weight is 396 g/mol. The lowest BCUT2D eigenvalue weighted by molar-refractivity contribution is 0.0698. The van der Waals surface area contributed by atoms with Crippen LogP contribution < -0.4 is 0 Å². The number of aromatic carboxylic acids is 1. The number of nitrogens with zero attached hydrogens (tertiary/aromatic N) is 2. The van der Waals surface area contributed by atoms with E-state index < -0.39 is 5.97 Å². The molecule has 0 bridgehead atoms. The van der Waals surface area contributed by atoms with Gasteiger partial charge in [-0.1, -0.05) is 48.5 Å². The van der Waals surface area contributed by atoms with Crippen molar-refractivity contribution in [1.29, 1.82) is 5.26 Å². The fourth-order valence-corrected chi connectivity index (χ4v) is 4.08. The molecular formula is C24H16N2O2S. The summed E-state index contributed by atoms with van der Waals surface area (Å²) in [5.41, 5.74) is 5.84. The van der Waals surface area contributed by atoms with Crippen molar-refractivity contribution in [3.8, 4) is 39.0 Å². The first-order valence-electron chi connectivity index (χ1n) is 8.96. The fraction of sp³-hybridized carbons (Fsp3) is 0.0417. The Kier molecular flexibility index (Phi) is 4.94. The zero-order chi connectivity index (χ0) is 20.4. The molecule has 1 aromatic heterocycles. The third kappa shape index (κ3) is 3.66. The Morgan fingerprint density at radius 1 is 1.00 bits per heavy atom. The van der Waals surface area contributed by atoms with Crippen LogP contribution in [0.25, 0.3) is 33.0 Å². The van der Waals surface area contributed by atoms with E-state index in [1.54, 1.807) is 18.2 Å². The molecule has 0 aliphatic rings. The van der Waals surface area contributed by atoms with E-state index in [4.69, 9.17) is 5.26 Å². The van der Waals surface area contributed by atoms with Crippen LogP contribution >= 0.6 is 11.3 Å². The molecule has 1 heterocycles. The number of carboxylic acid groups (broad SMARTS) is 1. The van der Waals surface area contributed by atoms with Crippen molar-refractivity contribution in [2.24, 2.45) is 0 Å². The van der Waals surface area contributed by atoms with Crippen molar-refractivity contribution in [3.05, 3.63) is 88.8 Å². The Bertz CT molecular complexity index is 1270. The SMILES string of the molecule is Cc1ccccc1-c1ccc(-c2nc(-c3cccc(C#N)c3)cs2)cc1C(=O)O. The first kappa shape index (κ1) is 18.6. The molecule has 0 saturated carbocycles. The second kappa shape index (κ2) is 7.70. The van der Waals surface area contributed by atoms with Crippen LogP contribution in [-0.2, 0) is 0 Å². The molecule has 4 rings (SSSR count). The Hall–Kier alpha value is -3.75. The Labute approximate surface area is 172 Å². The van der Waals surface area contributed by atoms with Gasteiger partial charge in [0.25, 0.3) is 0 Å². The number of aromatic nitrogens is 1. The normalized spacial score (nSPS) is 10.5. The number of aryl methyl sites for hydroxylation is 1. The van der Waals surface area contributed by atoms with Gasteiger partial charge >= 0.3 is 5.97 Å². The number of rotatable bonds is 4. The highest BCUT2D eigenvalue weighted by atomic mass is 32.1. The monoisotopic (exact) mass is 396 g/mol. The third-order valence-electron chi connectivity index (χ3n) is 4.72.